The van der Waals surface area contributed by atoms with Crippen molar-refractivity contribution in [3.8, 4) is 6.07 Å². The highest BCUT2D eigenvalue weighted by Crippen LogP contribution is 2.16. The predicted molar refractivity (Wildman–Crippen MR) is 83.2 cm³/mol. The van der Waals surface area contributed by atoms with Crippen LogP contribution in [0.5, 0.6) is 0 Å². The molecule has 0 unspecified atom stereocenters. The van der Waals surface area contributed by atoms with Gasteiger partial charge in [0.15, 0.2) is 0 Å². The minimum absolute atomic E-state index is 0.168. The number of anilines is 1. The molecule has 0 spiro atoms. The molecule has 114 valence electrons. The molecule has 0 aliphatic carbocycles. The maximum absolute atomic E-state index is 9.64. The van der Waals surface area contributed by atoms with Gasteiger partial charge in [0.25, 0.3) is 0 Å². The van der Waals surface area contributed by atoms with Gasteiger partial charge in [-0.25, -0.2) is 4.98 Å². The lowest BCUT2D eigenvalue weighted by atomic mass is 10.1. The summed E-state index contributed by atoms with van der Waals surface area (Å²) < 4.78 is 0. The van der Waals surface area contributed by atoms with Crippen molar-refractivity contribution in [2.75, 3.05) is 31.5 Å². The second-order valence-electron chi connectivity index (χ2n) is 5.78. The average Bonchev–Trinajstić information content (AvgIpc) is 2.47. The number of piperidine rings is 1. The van der Waals surface area contributed by atoms with Crippen LogP contribution in [-0.4, -0.2) is 47.3 Å². The molecule has 5 nitrogen and oxygen atoms in total. The zero-order valence-electron chi connectivity index (χ0n) is 12.9. The third-order valence-corrected chi connectivity index (χ3v) is 4.01. The van der Waals surface area contributed by atoms with Crippen molar-refractivity contribution in [2.45, 2.75) is 39.2 Å². The van der Waals surface area contributed by atoms with Crippen LogP contribution in [0.1, 0.15) is 36.1 Å². The Labute approximate surface area is 126 Å². The molecule has 0 amide bonds. The summed E-state index contributed by atoms with van der Waals surface area (Å²) in [6, 6.07) is 4.07. The monoisotopic (exact) mass is 288 g/mol. The lowest BCUT2D eigenvalue weighted by Crippen LogP contribution is -2.39. The minimum Gasteiger partial charge on any atom is -0.392 e. The number of rotatable bonds is 5. The number of aryl methyl sites for hydroxylation is 2. The van der Waals surface area contributed by atoms with Gasteiger partial charge in [0.1, 0.15) is 11.9 Å². The average molecular weight is 288 g/mol. The van der Waals surface area contributed by atoms with Gasteiger partial charge in [-0.15, -0.1) is 0 Å². The Morgan fingerprint density at radius 2 is 2.33 bits per heavy atom. The molecule has 1 saturated heterocycles. The number of aliphatic hydroxyl groups is 1. The van der Waals surface area contributed by atoms with Crippen LogP contribution < -0.4 is 5.32 Å². The molecular weight excluding hydrogens is 264 g/mol. The van der Waals surface area contributed by atoms with Gasteiger partial charge in [0.2, 0.25) is 0 Å². The lowest BCUT2D eigenvalue weighted by Gasteiger charge is -2.29. The number of β-amino-alcohol motifs (C(OH)–C–C–N with tert-alkyl or cyclic N) is 1. The van der Waals surface area contributed by atoms with E-state index in [-0.39, 0.29) is 6.10 Å². The summed E-state index contributed by atoms with van der Waals surface area (Å²) in [5, 5.41) is 22.1. The normalized spacial score (nSPS) is 19.2. The van der Waals surface area contributed by atoms with Gasteiger partial charge in [-0.2, -0.15) is 5.26 Å². The van der Waals surface area contributed by atoms with Gasteiger partial charge in [-0.05, 0) is 57.8 Å². The Morgan fingerprint density at radius 1 is 1.52 bits per heavy atom. The second-order valence-corrected chi connectivity index (χ2v) is 5.78. The topological polar surface area (TPSA) is 72.2 Å². The van der Waals surface area contributed by atoms with E-state index in [1.165, 1.54) is 0 Å². The fourth-order valence-electron chi connectivity index (χ4n) is 2.67. The van der Waals surface area contributed by atoms with E-state index in [1.807, 2.05) is 19.9 Å². The summed E-state index contributed by atoms with van der Waals surface area (Å²) >= 11 is 0. The standard InChI is InChI=1S/C16H24N4O/c1-12-9-14(10-17)16(19-13(12)2)18-6-4-8-20-7-3-5-15(21)11-20/h9,15,21H,3-8,11H2,1-2H3,(H,18,19)/t15-/m1/s1. The Morgan fingerprint density at radius 3 is 3.05 bits per heavy atom. The summed E-state index contributed by atoms with van der Waals surface area (Å²) in [5.41, 5.74) is 2.60. The highest BCUT2D eigenvalue weighted by Gasteiger charge is 2.16. The molecule has 5 heteroatoms. The molecule has 0 saturated carbocycles. The molecule has 0 bridgehead atoms. The number of nitrogens with zero attached hydrogens (tertiary/aromatic N) is 3. The first-order chi connectivity index (χ1) is 10.1. The molecule has 0 radical (unpaired) electrons. The number of nitriles is 1. The van der Waals surface area contributed by atoms with Gasteiger partial charge in [-0.3, -0.25) is 0 Å². The zero-order valence-corrected chi connectivity index (χ0v) is 12.9. The predicted octanol–water partition coefficient (Wildman–Crippen LogP) is 1.83. The molecule has 1 aliphatic heterocycles. The van der Waals surface area contributed by atoms with Crippen LogP contribution in [0.4, 0.5) is 5.82 Å². The maximum atomic E-state index is 9.64. The third-order valence-electron chi connectivity index (χ3n) is 4.01. The van der Waals surface area contributed by atoms with Gasteiger partial charge in [-0.1, -0.05) is 0 Å². The van der Waals surface area contributed by atoms with Crippen molar-refractivity contribution < 1.29 is 5.11 Å². The number of aliphatic hydroxyl groups excluding tert-OH is 1. The molecule has 2 heterocycles. The molecule has 2 N–H and O–H groups in total. The van der Waals surface area contributed by atoms with Crippen molar-refractivity contribution in [2.24, 2.45) is 0 Å². The molecule has 1 fully saturated rings. The molecule has 2 rings (SSSR count). The van der Waals surface area contributed by atoms with E-state index in [0.717, 1.165) is 56.7 Å². The summed E-state index contributed by atoms with van der Waals surface area (Å²) in [7, 11) is 0. The molecule has 1 aromatic rings. The quantitative estimate of drug-likeness (QED) is 0.809. The summed E-state index contributed by atoms with van der Waals surface area (Å²) in [6.45, 7) is 7.53. The molecule has 1 aliphatic rings. The summed E-state index contributed by atoms with van der Waals surface area (Å²) in [5.74, 6) is 0.680. The Balaban J connectivity index is 1.81. The lowest BCUT2D eigenvalue weighted by molar-refractivity contribution is 0.0706. The fourth-order valence-corrected chi connectivity index (χ4v) is 2.67. The van der Waals surface area contributed by atoms with Crippen molar-refractivity contribution in [1.29, 1.82) is 5.26 Å². The zero-order chi connectivity index (χ0) is 15.2. The number of hydrogen-bond donors (Lipinski definition) is 2. The van der Waals surface area contributed by atoms with Crippen LogP contribution in [0.3, 0.4) is 0 Å². The van der Waals surface area contributed by atoms with E-state index in [0.29, 0.717) is 11.4 Å². The van der Waals surface area contributed by atoms with E-state index in [9.17, 15) is 5.11 Å². The highest BCUT2D eigenvalue weighted by molar-refractivity contribution is 5.53. The van der Waals surface area contributed by atoms with Crippen LogP contribution in [0.25, 0.3) is 0 Å². The van der Waals surface area contributed by atoms with E-state index < -0.39 is 0 Å². The SMILES string of the molecule is Cc1cc(C#N)c(NCCCN2CCC[C@@H](O)C2)nc1C. The second kappa shape index (κ2) is 7.39. The first kappa shape index (κ1) is 15.7. The van der Waals surface area contributed by atoms with Crippen molar-refractivity contribution >= 4 is 5.82 Å². The molecule has 1 aromatic heterocycles. The van der Waals surface area contributed by atoms with Gasteiger partial charge < -0.3 is 15.3 Å². The number of aromatic nitrogens is 1. The Kier molecular flexibility index (Phi) is 5.54. The summed E-state index contributed by atoms with van der Waals surface area (Å²) in [6.07, 6.45) is 2.81. The number of likely N-dealkylation sites (tertiary alicyclic amines) is 1. The van der Waals surface area contributed by atoms with E-state index in [4.69, 9.17) is 5.26 Å². The van der Waals surface area contributed by atoms with Gasteiger partial charge in [0, 0.05) is 18.8 Å². The first-order valence-electron chi connectivity index (χ1n) is 7.63. The first-order valence-corrected chi connectivity index (χ1v) is 7.63. The minimum atomic E-state index is -0.168. The number of pyridine rings is 1. The Hall–Kier alpha value is -1.64. The molecule has 21 heavy (non-hydrogen) atoms. The molecular formula is C16H24N4O. The highest BCUT2D eigenvalue weighted by atomic mass is 16.3. The van der Waals surface area contributed by atoms with Gasteiger partial charge in [0.05, 0.1) is 11.7 Å². The molecule has 0 aromatic carbocycles. The van der Waals surface area contributed by atoms with Crippen molar-refractivity contribution in [1.82, 2.24) is 9.88 Å². The van der Waals surface area contributed by atoms with Crippen LogP contribution in [-0.2, 0) is 0 Å². The molecule has 1 atom stereocenters. The van der Waals surface area contributed by atoms with Crippen LogP contribution in [0.2, 0.25) is 0 Å². The number of hydrogen-bond acceptors (Lipinski definition) is 5. The smallest absolute Gasteiger partial charge is 0.144 e. The van der Waals surface area contributed by atoms with Crippen molar-refractivity contribution in [3.05, 3.63) is 22.9 Å². The van der Waals surface area contributed by atoms with E-state index in [2.05, 4.69) is 21.3 Å². The van der Waals surface area contributed by atoms with E-state index in [1.54, 1.807) is 0 Å². The summed E-state index contributed by atoms with van der Waals surface area (Å²) in [4.78, 5) is 6.75. The maximum Gasteiger partial charge on any atom is 0.144 e. The van der Waals surface area contributed by atoms with Crippen LogP contribution >= 0.6 is 0 Å². The van der Waals surface area contributed by atoms with Crippen molar-refractivity contribution in [3.63, 3.8) is 0 Å². The fraction of sp³-hybridized carbons (Fsp3) is 0.625. The third kappa shape index (κ3) is 4.42. The van der Waals surface area contributed by atoms with Crippen LogP contribution in [0.15, 0.2) is 6.07 Å². The van der Waals surface area contributed by atoms with E-state index >= 15 is 0 Å². The van der Waals surface area contributed by atoms with Crippen LogP contribution in [0, 0.1) is 25.2 Å². The van der Waals surface area contributed by atoms with Gasteiger partial charge >= 0.3 is 0 Å². The largest absolute Gasteiger partial charge is 0.392 e. The number of nitrogens with one attached hydrogen (secondary N) is 1. The Bertz CT molecular complexity index is 524.